The number of anilines is 2. The summed E-state index contributed by atoms with van der Waals surface area (Å²) in [7, 11) is 2.25. The van der Waals surface area contributed by atoms with E-state index < -0.39 is 39.3 Å². The van der Waals surface area contributed by atoms with Crippen LogP contribution in [0.25, 0.3) is 0 Å². The number of aromatic nitrogens is 2. The van der Waals surface area contributed by atoms with Crippen molar-refractivity contribution in [1.82, 2.24) is 9.97 Å². The first kappa shape index (κ1) is 24.0. The third-order valence-corrected chi connectivity index (χ3v) is 7.40. The van der Waals surface area contributed by atoms with Crippen LogP contribution < -0.4 is 15.5 Å². The second kappa shape index (κ2) is 9.06. The van der Waals surface area contributed by atoms with Gasteiger partial charge in [0.1, 0.15) is 14.0 Å². The van der Waals surface area contributed by atoms with Gasteiger partial charge in [-0.2, -0.15) is 18.2 Å². The van der Waals surface area contributed by atoms with Crippen molar-refractivity contribution in [1.29, 1.82) is 0 Å². The number of alkyl halides is 3. The van der Waals surface area contributed by atoms with Gasteiger partial charge in [0.25, 0.3) is 0 Å². The van der Waals surface area contributed by atoms with Gasteiger partial charge in [0.2, 0.25) is 11.8 Å². The van der Waals surface area contributed by atoms with Gasteiger partial charge in [-0.25, -0.2) is 9.19 Å². The van der Waals surface area contributed by atoms with Crippen molar-refractivity contribution in [3.63, 3.8) is 0 Å². The van der Waals surface area contributed by atoms with Gasteiger partial charge >= 0.3 is 12.1 Å². The summed E-state index contributed by atoms with van der Waals surface area (Å²) in [5, 5.41) is 11.9. The van der Waals surface area contributed by atoms with Crippen LogP contribution in [0.2, 0.25) is 0 Å². The van der Waals surface area contributed by atoms with Gasteiger partial charge in [-0.3, -0.25) is 4.79 Å². The van der Waals surface area contributed by atoms with Crippen molar-refractivity contribution in [2.45, 2.75) is 55.2 Å². The smallest absolute Gasteiger partial charge is 0.472 e. The molecule has 13 heteroatoms. The second-order valence-corrected chi connectivity index (χ2v) is 9.79. The molecule has 8 nitrogen and oxygen atoms in total. The first-order chi connectivity index (χ1) is 14.9. The highest BCUT2D eigenvalue weighted by molar-refractivity contribution is 7.94. The number of carbonyl (C=O) groups excluding carboxylic acids is 1. The summed E-state index contributed by atoms with van der Waals surface area (Å²) in [6, 6.07) is 5.62. The maximum absolute atomic E-state index is 13.1. The number of ether oxygens (including phenoxy) is 1. The van der Waals surface area contributed by atoms with E-state index >= 15 is 0 Å². The first-order valence-electron chi connectivity index (χ1n) is 9.61. The van der Waals surface area contributed by atoms with Gasteiger partial charge in [0, 0.05) is 22.0 Å². The second-order valence-electron chi connectivity index (χ2n) is 7.33. The van der Waals surface area contributed by atoms with E-state index in [1.54, 1.807) is 13.8 Å². The van der Waals surface area contributed by atoms with E-state index in [9.17, 15) is 27.3 Å². The van der Waals surface area contributed by atoms with Crippen molar-refractivity contribution in [2.24, 2.45) is 4.36 Å². The molecule has 0 bridgehead atoms. The van der Waals surface area contributed by atoms with Gasteiger partial charge < -0.3 is 15.2 Å². The predicted molar refractivity (Wildman–Crippen MR) is 112 cm³/mol. The maximum atomic E-state index is 13.1. The number of benzene rings is 1. The Balaban J connectivity index is 1.82. The monoisotopic (exact) mass is 468 g/mol. The third kappa shape index (κ3) is 5.57. The Labute approximate surface area is 184 Å². The van der Waals surface area contributed by atoms with E-state index in [0.29, 0.717) is 18.5 Å². The highest BCUT2D eigenvalue weighted by Crippen LogP contribution is 2.37. The zero-order chi connectivity index (χ0) is 23.7. The highest BCUT2D eigenvalue weighted by Gasteiger charge is 2.43. The van der Waals surface area contributed by atoms with Crippen LogP contribution in [-0.4, -0.2) is 56.7 Å². The SMILES string of the molecule is [B]c1cnc(Nc2ccc(S(=O)(=NC(=O)C(F)(F)F)C3CC3)cc2)nc1O[C@H](C)[C@@H](C)O. The van der Waals surface area contributed by atoms with Crippen LogP contribution in [0.15, 0.2) is 39.7 Å². The number of hydrogen-bond donors (Lipinski definition) is 2. The fourth-order valence-corrected chi connectivity index (χ4v) is 4.84. The molecular weight excluding hydrogens is 448 g/mol. The topological polar surface area (TPSA) is 114 Å². The molecule has 2 radical (unpaired) electrons. The van der Waals surface area contributed by atoms with Crippen LogP contribution in [0.3, 0.4) is 0 Å². The lowest BCUT2D eigenvalue weighted by atomic mass is 10.00. The van der Waals surface area contributed by atoms with Crippen LogP contribution >= 0.6 is 0 Å². The summed E-state index contributed by atoms with van der Waals surface area (Å²) in [5.74, 6) is -2.18. The summed E-state index contributed by atoms with van der Waals surface area (Å²) >= 11 is 0. The lowest BCUT2D eigenvalue weighted by Crippen LogP contribution is -2.28. The molecule has 0 saturated heterocycles. The van der Waals surface area contributed by atoms with Crippen molar-refractivity contribution < 1.29 is 32.0 Å². The van der Waals surface area contributed by atoms with Gasteiger partial charge in [-0.05, 0) is 56.4 Å². The predicted octanol–water partition coefficient (Wildman–Crippen LogP) is 2.24. The molecule has 1 heterocycles. The van der Waals surface area contributed by atoms with Crippen LogP contribution in [0.4, 0.5) is 24.8 Å². The molecule has 2 aromatic rings. The number of amides is 1. The Hall–Kier alpha value is -2.67. The quantitative estimate of drug-likeness (QED) is 0.600. The molecule has 1 saturated carbocycles. The molecule has 1 aromatic heterocycles. The van der Waals surface area contributed by atoms with Crippen LogP contribution in [0.1, 0.15) is 26.7 Å². The molecule has 1 aliphatic rings. The Morgan fingerprint density at radius 2 is 1.94 bits per heavy atom. The number of rotatable bonds is 7. The van der Waals surface area contributed by atoms with Gasteiger partial charge in [-0.1, -0.05) is 0 Å². The first-order valence-corrected chi connectivity index (χ1v) is 11.2. The average molecular weight is 468 g/mol. The largest absolute Gasteiger partial charge is 0.474 e. The maximum Gasteiger partial charge on any atom is 0.474 e. The van der Waals surface area contributed by atoms with Crippen molar-refractivity contribution in [3.8, 4) is 5.88 Å². The number of aliphatic hydroxyl groups excluding tert-OH is 1. The number of nitrogens with one attached hydrogen (secondary N) is 1. The van der Waals surface area contributed by atoms with Gasteiger partial charge in [0.15, 0.2) is 0 Å². The number of halogens is 3. The summed E-state index contributed by atoms with van der Waals surface area (Å²) in [6.07, 6.45) is -4.34. The van der Waals surface area contributed by atoms with Crippen molar-refractivity contribution >= 4 is 40.6 Å². The summed E-state index contributed by atoms with van der Waals surface area (Å²) in [4.78, 5) is 19.5. The number of hydrogen-bond acceptors (Lipinski definition) is 7. The van der Waals surface area contributed by atoms with Crippen LogP contribution in [0, 0.1) is 0 Å². The molecule has 2 N–H and O–H groups in total. The fourth-order valence-electron chi connectivity index (χ4n) is 2.55. The van der Waals surface area contributed by atoms with E-state index in [-0.39, 0.29) is 22.2 Å². The molecule has 3 atom stereocenters. The molecule has 170 valence electrons. The molecule has 1 aromatic carbocycles. The minimum absolute atomic E-state index is 0.0381. The Morgan fingerprint density at radius 3 is 2.47 bits per heavy atom. The Kier molecular flexibility index (Phi) is 6.79. The molecule has 32 heavy (non-hydrogen) atoms. The zero-order valence-corrected chi connectivity index (χ0v) is 18.0. The normalized spacial score (nSPS) is 17.7. The van der Waals surface area contributed by atoms with Crippen molar-refractivity contribution in [3.05, 3.63) is 30.5 Å². The van der Waals surface area contributed by atoms with E-state index in [0.717, 1.165) is 0 Å². The zero-order valence-electron chi connectivity index (χ0n) is 17.2. The molecule has 1 fully saturated rings. The van der Waals surface area contributed by atoms with E-state index in [2.05, 4.69) is 19.6 Å². The number of nitrogens with zero attached hydrogens (tertiary/aromatic N) is 3. The van der Waals surface area contributed by atoms with E-state index in [1.165, 1.54) is 30.5 Å². The lowest BCUT2D eigenvalue weighted by molar-refractivity contribution is -0.169. The molecular formula is C19H20BF3N4O4S. The Bertz CT molecular complexity index is 1110. The minimum atomic E-state index is -5.18. The molecule has 1 unspecified atom stereocenters. The molecule has 0 spiro atoms. The van der Waals surface area contributed by atoms with E-state index in [4.69, 9.17) is 12.6 Å². The molecule has 1 amide bonds. The summed E-state index contributed by atoms with van der Waals surface area (Å²) in [5.41, 5.74) is 0.603. The minimum Gasteiger partial charge on any atom is -0.472 e. The van der Waals surface area contributed by atoms with Gasteiger partial charge in [-0.15, -0.1) is 4.36 Å². The number of aliphatic hydroxyl groups is 1. The van der Waals surface area contributed by atoms with E-state index in [1.807, 2.05) is 0 Å². The molecule has 3 rings (SSSR count). The number of carbonyl (C=O) groups is 1. The molecule has 1 aliphatic carbocycles. The summed E-state index contributed by atoms with van der Waals surface area (Å²) in [6.45, 7) is 3.20. The average Bonchev–Trinajstić information content (AvgIpc) is 3.56. The van der Waals surface area contributed by atoms with Crippen LogP contribution in [-0.2, 0) is 14.5 Å². The van der Waals surface area contributed by atoms with Crippen LogP contribution in [0.5, 0.6) is 5.88 Å². The van der Waals surface area contributed by atoms with Crippen molar-refractivity contribution in [2.75, 3.05) is 5.32 Å². The summed E-state index contributed by atoms with van der Waals surface area (Å²) < 4.78 is 59.6. The highest BCUT2D eigenvalue weighted by atomic mass is 32.2. The lowest BCUT2D eigenvalue weighted by Gasteiger charge is -2.18. The molecule has 0 aliphatic heterocycles. The Morgan fingerprint density at radius 1 is 1.31 bits per heavy atom. The van der Waals surface area contributed by atoms with Gasteiger partial charge in [0.05, 0.1) is 15.8 Å². The standard InChI is InChI=1S/C19H20BF3N4O4S/c1-10(28)11(2)31-16-15(20)9-24-18(26-16)25-12-3-5-13(6-4-12)32(30,14-7-8-14)27-17(29)19(21,22)23/h3-6,9-11,14,28H,7-8H2,1-2H3,(H,24,25,26)/t10-,11-,32?/m1/s1. The fraction of sp³-hybridized carbons (Fsp3) is 0.421. The third-order valence-electron chi connectivity index (χ3n) is 4.64.